The molecule has 1 atom stereocenters. The Bertz CT molecular complexity index is 869. The highest BCUT2D eigenvalue weighted by Gasteiger charge is 2.50. The van der Waals surface area contributed by atoms with Gasteiger partial charge >= 0.3 is 5.97 Å². The smallest absolute Gasteiger partial charge is 0.308 e. The van der Waals surface area contributed by atoms with E-state index in [0.29, 0.717) is 26.3 Å². The second kappa shape index (κ2) is 7.60. The number of aliphatic carboxylic acids is 1. The minimum Gasteiger partial charge on any atom is -0.497 e. The average molecular weight is 385 g/mol. The molecule has 2 aliphatic heterocycles. The molecule has 4 rings (SSSR count). The van der Waals surface area contributed by atoms with Crippen molar-refractivity contribution in [2.75, 3.05) is 40.5 Å². The van der Waals surface area contributed by atoms with Crippen LogP contribution in [0, 0.1) is 11.3 Å². The molecule has 0 radical (unpaired) electrons. The predicted octanol–water partition coefficient (Wildman–Crippen LogP) is 3.17. The van der Waals surface area contributed by atoms with Gasteiger partial charge in [-0.15, -0.1) is 0 Å². The van der Waals surface area contributed by atoms with Crippen LogP contribution in [0.15, 0.2) is 30.3 Å². The third kappa shape index (κ3) is 3.31. The normalized spacial score (nSPS) is 21.9. The minimum absolute atomic E-state index is 0.195. The van der Waals surface area contributed by atoms with E-state index in [0.717, 1.165) is 47.2 Å². The Labute approximate surface area is 165 Å². The van der Waals surface area contributed by atoms with Crippen molar-refractivity contribution in [2.45, 2.75) is 19.4 Å². The Morgan fingerprint density at radius 2 is 1.96 bits per heavy atom. The molecule has 0 saturated carbocycles. The lowest BCUT2D eigenvalue weighted by molar-refractivity contribution is -0.147. The average Bonchev–Trinajstić information content (AvgIpc) is 3.06. The first-order chi connectivity index (χ1) is 13.6. The number of carboxylic acid groups (broad SMARTS) is 1. The molecule has 2 aromatic carbocycles. The van der Waals surface area contributed by atoms with Gasteiger partial charge in [0, 0.05) is 43.8 Å². The number of hydrogen-bond acceptors (Lipinski definition) is 5. The highest BCUT2D eigenvalue weighted by Crippen LogP contribution is 2.45. The van der Waals surface area contributed by atoms with Gasteiger partial charge in [-0.3, -0.25) is 9.69 Å². The molecular weight excluding hydrogens is 358 g/mol. The Hall–Kier alpha value is -2.31. The van der Waals surface area contributed by atoms with Gasteiger partial charge in [-0.1, -0.05) is 12.1 Å². The SMILES string of the molecule is COc1ccc2ccc(OC)c(CN3CC(C(=O)O)C4(CCOCC4)C3)c2c1. The predicted molar refractivity (Wildman–Crippen MR) is 106 cm³/mol. The molecule has 0 amide bonds. The number of hydrogen-bond donors (Lipinski definition) is 1. The summed E-state index contributed by atoms with van der Waals surface area (Å²) in [6, 6.07) is 10.1. The zero-order valence-corrected chi connectivity index (χ0v) is 16.4. The zero-order chi connectivity index (χ0) is 19.7. The highest BCUT2D eigenvalue weighted by molar-refractivity contribution is 5.89. The summed E-state index contributed by atoms with van der Waals surface area (Å²) in [6.07, 6.45) is 1.61. The monoisotopic (exact) mass is 385 g/mol. The molecule has 150 valence electrons. The number of carboxylic acids is 1. The Morgan fingerprint density at radius 1 is 1.21 bits per heavy atom. The topological polar surface area (TPSA) is 68.2 Å². The maximum Gasteiger partial charge on any atom is 0.308 e. The lowest BCUT2D eigenvalue weighted by atomic mass is 9.72. The van der Waals surface area contributed by atoms with Crippen molar-refractivity contribution in [2.24, 2.45) is 11.3 Å². The van der Waals surface area contributed by atoms with Crippen LogP contribution >= 0.6 is 0 Å². The van der Waals surface area contributed by atoms with E-state index in [4.69, 9.17) is 14.2 Å². The van der Waals surface area contributed by atoms with E-state index in [2.05, 4.69) is 4.90 Å². The number of ether oxygens (including phenoxy) is 3. The van der Waals surface area contributed by atoms with Crippen LogP contribution in [0.5, 0.6) is 11.5 Å². The summed E-state index contributed by atoms with van der Waals surface area (Å²) < 4.78 is 16.6. The van der Waals surface area contributed by atoms with E-state index in [1.165, 1.54) is 0 Å². The lowest BCUT2D eigenvalue weighted by Crippen LogP contribution is -2.40. The molecule has 2 fully saturated rings. The number of rotatable bonds is 5. The number of methoxy groups -OCH3 is 2. The highest BCUT2D eigenvalue weighted by atomic mass is 16.5. The minimum atomic E-state index is -0.698. The largest absolute Gasteiger partial charge is 0.497 e. The summed E-state index contributed by atoms with van der Waals surface area (Å²) in [6.45, 7) is 3.27. The summed E-state index contributed by atoms with van der Waals surface area (Å²) in [5.41, 5.74) is 0.881. The molecule has 1 N–H and O–H groups in total. The summed E-state index contributed by atoms with van der Waals surface area (Å²) in [5.74, 6) is 0.566. The molecule has 1 unspecified atom stereocenters. The van der Waals surface area contributed by atoms with Gasteiger partial charge in [-0.25, -0.2) is 0 Å². The molecule has 6 nitrogen and oxygen atoms in total. The molecule has 1 spiro atoms. The number of benzene rings is 2. The Balaban J connectivity index is 1.68. The van der Waals surface area contributed by atoms with Crippen molar-refractivity contribution in [3.63, 3.8) is 0 Å². The van der Waals surface area contributed by atoms with Gasteiger partial charge in [0.15, 0.2) is 0 Å². The Morgan fingerprint density at radius 3 is 2.64 bits per heavy atom. The van der Waals surface area contributed by atoms with E-state index in [1.54, 1.807) is 14.2 Å². The van der Waals surface area contributed by atoms with Crippen molar-refractivity contribution < 1.29 is 24.1 Å². The van der Waals surface area contributed by atoms with Crippen LogP contribution < -0.4 is 9.47 Å². The van der Waals surface area contributed by atoms with E-state index in [9.17, 15) is 9.90 Å². The van der Waals surface area contributed by atoms with Gasteiger partial charge in [0.25, 0.3) is 0 Å². The fourth-order valence-electron chi connectivity index (χ4n) is 4.86. The van der Waals surface area contributed by atoms with Gasteiger partial charge in [-0.2, -0.15) is 0 Å². The molecule has 0 bridgehead atoms. The number of carbonyl (C=O) groups is 1. The quantitative estimate of drug-likeness (QED) is 0.853. The third-order valence-electron chi connectivity index (χ3n) is 6.40. The first-order valence-electron chi connectivity index (χ1n) is 9.73. The van der Waals surface area contributed by atoms with E-state index in [-0.39, 0.29) is 11.3 Å². The zero-order valence-electron chi connectivity index (χ0n) is 16.4. The van der Waals surface area contributed by atoms with Gasteiger partial charge in [0.05, 0.1) is 20.1 Å². The van der Waals surface area contributed by atoms with E-state index >= 15 is 0 Å². The van der Waals surface area contributed by atoms with Gasteiger partial charge in [0.2, 0.25) is 0 Å². The molecular formula is C22H27NO5. The number of nitrogens with zero attached hydrogens (tertiary/aromatic N) is 1. The second-order valence-corrected chi connectivity index (χ2v) is 7.87. The number of fused-ring (bicyclic) bond motifs is 1. The molecule has 0 aliphatic carbocycles. The fourth-order valence-corrected chi connectivity index (χ4v) is 4.86. The molecule has 2 aromatic rings. The molecule has 28 heavy (non-hydrogen) atoms. The van der Waals surface area contributed by atoms with Crippen molar-refractivity contribution in [3.8, 4) is 11.5 Å². The summed E-state index contributed by atoms with van der Waals surface area (Å²) in [5, 5.41) is 12.0. The molecule has 2 aliphatic rings. The maximum absolute atomic E-state index is 12.0. The van der Waals surface area contributed by atoms with Gasteiger partial charge < -0.3 is 19.3 Å². The fraction of sp³-hybridized carbons (Fsp3) is 0.500. The van der Waals surface area contributed by atoms with Crippen LogP contribution in [0.3, 0.4) is 0 Å². The lowest BCUT2D eigenvalue weighted by Gasteiger charge is -2.36. The van der Waals surface area contributed by atoms with Gasteiger partial charge in [-0.05, 0) is 41.8 Å². The van der Waals surface area contributed by atoms with Gasteiger partial charge in [0.1, 0.15) is 11.5 Å². The van der Waals surface area contributed by atoms with Crippen LogP contribution in [-0.2, 0) is 16.1 Å². The molecule has 2 heterocycles. The first kappa shape index (κ1) is 19.0. The van der Waals surface area contributed by atoms with Crippen LogP contribution in [0.1, 0.15) is 18.4 Å². The summed E-state index contributed by atoms with van der Waals surface area (Å²) >= 11 is 0. The summed E-state index contributed by atoms with van der Waals surface area (Å²) in [4.78, 5) is 14.2. The van der Waals surface area contributed by atoms with Crippen LogP contribution in [-0.4, -0.2) is 56.5 Å². The van der Waals surface area contributed by atoms with Crippen LogP contribution in [0.2, 0.25) is 0 Å². The summed E-state index contributed by atoms with van der Waals surface area (Å²) in [7, 11) is 3.34. The molecule has 2 saturated heterocycles. The van der Waals surface area contributed by atoms with Crippen LogP contribution in [0.25, 0.3) is 10.8 Å². The van der Waals surface area contributed by atoms with E-state index < -0.39 is 5.97 Å². The van der Waals surface area contributed by atoms with E-state index in [1.807, 2.05) is 30.3 Å². The number of likely N-dealkylation sites (tertiary alicyclic amines) is 1. The van der Waals surface area contributed by atoms with Crippen LogP contribution in [0.4, 0.5) is 0 Å². The van der Waals surface area contributed by atoms with Crippen molar-refractivity contribution in [1.82, 2.24) is 4.90 Å². The third-order valence-corrected chi connectivity index (χ3v) is 6.40. The first-order valence-corrected chi connectivity index (χ1v) is 9.73. The van der Waals surface area contributed by atoms with Crippen molar-refractivity contribution in [3.05, 3.63) is 35.9 Å². The Kier molecular flexibility index (Phi) is 5.17. The maximum atomic E-state index is 12.0. The van der Waals surface area contributed by atoms with Crippen molar-refractivity contribution >= 4 is 16.7 Å². The second-order valence-electron chi connectivity index (χ2n) is 7.87. The molecule has 6 heteroatoms. The standard InChI is InChI=1S/C22H27NO5/c1-26-16-5-3-15-4-6-20(27-2)18(17(15)11-16)12-23-13-19(21(24)25)22(14-23)7-9-28-10-8-22/h3-6,11,19H,7-10,12-14H2,1-2H3,(H,24,25). The molecule has 0 aromatic heterocycles. The van der Waals surface area contributed by atoms with Crippen molar-refractivity contribution in [1.29, 1.82) is 0 Å².